The summed E-state index contributed by atoms with van der Waals surface area (Å²) < 4.78 is 11.5. The summed E-state index contributed by atoms with van der Waals surface area (Å²) in [6.45, 7) is 5.75. The first-order valence-electron chi connectivity index (χ1n) is 6.70. The Morgan fingerprint density at radius 3 is 2.35 bits per heavy atom. The van der Waals surface area contributed by atoms with E-state index >= 15 is 0 Å². The highest BCUT2D eigenvalue weighted by molar-refractivity contribution is 5.67. The Labute approximate surface area is 104 Å². The van der Waals surface area contributed by atoms with Gasteiger partial charge in [0.15, 0.2) is 0 Å². The van der Waals surface area contributed by atoms with Crippen molar-refractivity contribution in [2.24, 2.45) is 4.99 Å². The highest BCUT2D eigenvalue weighted by Gasteiger charge is 2.34. The number of hydrogen-bond acceptors (Lipinski definition) is 4. The number of nitrogens with zero attached hydrogens (tertiary/aromatic N) is 1. The molecule has 0 saturated carbocycles. The Balaban J connectivity index is 2.35. The lowest BCUT2D eigenvalue weighted by atomic mass is 10.1. The summed E-state index contributed by atoms with van der Waals surface area (Å²) in [4.78, 5) is 4.25. The lowest BCUT2D eigenvalue weighted by molar-refractivity contribution is -0.0516. The molecule has 0 aromatic heterocycles. The van der Waals surface area contributed by atoms with Crippen molar-refractivity contribution >= 4 is 6.21 Å². The summed E-state index contributed by atoms with van der Waals surface area (Å²) >= 11 is 0. The smallest absolute Gasteiger partial charge is 0.120 e. The first-order valence-corrected chi connectivity index (χ1v) is 6.70. The maximum absolute atomic E-state index is 9.23. The molecule has 0 aromatic rings. The second-order valence-electron chi connectivity index (χ2n) is 4.43. The van der Waals surface area contributed by atoms with Crippen LogP contribution in [-0.2, 0) is 9.47 Å². The van der Waals surface area contributed by atoms with Gasteiger partial charge in [-0.1, -0.05) is 26.7 Å². The van der Waals surface area contributed by atoms with Crippen molar-refractivity contribution in [2.75, 3.05) is 19.8 Å². The third kappa shape index (κ3) is 4.74. The summed E-state index contributed by atoms with van der Waals surface area (Å²) in [5.41, 5.74) is 0. The molecule has 0 aliphatic carbocycles. The van der Waals surface area contributed by atoms with Crippen LogP contribution in [0, 0.1) is 0 Å². The molecule has 1 aliphatic rings. The van der Waals surface area contributed by atoms with Crippen LogP contribution in [0.3, 0.4) is 0 Å². The SMILES string of the molecule is CCCCO[C@@H]1[C@H](CO)N=C[C@@H]1OCCCC. The summed E-state index contributed by atoms with van der Waals surface area (Å²) in [6, 6.07) is -0.154. The molecule has 1 aliphatic heterocycles. The fraction of sp³-hybridized carbons (Fsp3) is 0.923. The normalized spacial score (nSPS) is 27.8. The van der Waals surface area contributed by atoms with Gasteiger partial charge in [-0.15, -0.1) is 0 Å². The molecule has 100 valence electrons. The largest absolute Gasteiger partial charge is 0.394 e. The van der Waals surface area contributed by atoms with Gasteiger partial charge in [0.05, 0.1) is 6.61 Å². The molecule has 1 N–H and O–H groups in total. The summed E-state index contributed by atoms with van der Waals surface area (Å²) in [5, 5.41) is 9.23. The lowest BCUT2D eigenvalue weighted by Gasteiger charge is -2.23. The summed E-state index contributed by atoms with van der Waals surface area (Å²) in [5.74, 6) is 0. The minimum atomic E-state index is -0.154. The topological polar surface area (TPSA) is 51.0 Å². The monoisotopic (exact) mass is 243 g/mol. The second-order valence-corrected chi connectivity index (χ2v) is 4.43. The first kappa shape index (κ1) is 14.6. The van der Waals surface area contributed by atoms with E-state index in [1.165, 1.54) is 0 Å². The summed E-state index contributed by atoms with van der Waals surface area (Å²) in [7, 11) is 0. The number of hydrogen-bond donors (Lipinski definition) is 1. The highest BCUT2D eigenvalue weighted by atomic mass is 16.5. The molecule has 4 heteroatoms. The molecule has 0 amide bonds. The molecule has 0 spiro atoms. The zero-order chi connectivity index (χ0) is 12.5. The predicted octanol–water partition coefficient (Wildman–Crippen LogP) is 1.80. The maximum Gasteiger partial charge on any atom is 0.120 e. The molecule has 1 heterocycles. The minimum Gasteiger partial charge on any atom is -0.394 e. The Bertz CT molecular complexity index is 221. The van der Waals surface area contributed by atoms with Crippen LogP contribution >= 0.6 is 0 Å². The van der Waals surface area contributed by atoms with Crippen LogP contribution in [0.1, 0.15) is 39.5 Å². The number of aliphatic hydroxyl groups is 1. The van der Waals surface area contributed by atoms with E-state index in [2.05, 4.69) is 18.8 Å². The third-order valence-corrected chi connectivity index (χ3v) is 2.93. The number of aliphatic imine (C=N–C) groups is 1. The van der Waals surface area contributed by atoms with Gasteiger partial charge in [-0.3, -0.25) is 4.99 Å². The van der Waals surface area contributed by atoms with Crippen molar-refractivity contribution in [2.45, 2.75) is 57.8 Å². The molecule has 0 fully saturated rings. The lowest BCUT2D eigenvalue weighted by Crippen LogP contribution is -2.38. The van der Waals surface area contributed by atoms with Crippen LogP contribution < -0.4 is 0 Å². The zero-order valence-corrected chi connectivity index (χ0v) is 11.0. The molecule has 1 rings (SSSR count). The van der Waals surface area contributed by atoms with Crippen LogP contribution in [0.4, 0.5) is 0 Å². The van der Waals surface area contributed by atoms with E-state index in [0.717, 1.165) is 32.3 Å². The van der Waals surface area contributed by atoms with Gasteiger partial charge in [-0.2, -0.15) is 0 Å². The molecule has 0 radical (unpaired) electrons. The standard InChI is InChI=1S/C13H25NO3/c1-3-5-7-16-12-9-14-11(10-15)13(12)17-8-6-4-2/h9,11-13,15H,3-8,10H2,1-2H3/t11-,12-,13+/m0/s1. The van der Waals surface area contributed by atoms with Crippen molar-refractivity contribution < 1.29 is 14.6 Å². The molecule has 0 aromatic carbocycles. The average molecular weight is 243 g/mol. The molecular weight excluding hydrogens is 218 g/mol. The Morgan fingerprint density at radius 2 is 1.76 bits per heavy atom. The van der Waals surface area contributed by atoms with Gasteiger partial charge >= 0.3 is 0 Å². The van der Waals surface area contributed by atoms with E-state index in [0.29, 0.717) is 6.61 Å². The van der Waals surface area contributed by atoms with Crippen molar-refractivity contribution in [3.05, 3.63) is 0 Å². The Kier molecular flexibility index (Phi) is 7.40. The van der Waals surface area contributed by atoms with Crippen LogP contribution in [0.25, 0.3) is 0 Å². The number of aliphatic hydroxyl groups excluding tert-OH is 1. The van der Waals surface area contributed by atoms with Gasteiger partial charge < -0.3 is 14.6 Å². The van der Waals surface area contributed by atoms with E-state index in [9.17, 15) is 5.11 Å². The Morgan fingerprint density at radius 1 is 1.12 bits per heavy atom. The molecule has 0 saturated heterocycles. The fourth-order valence-corrected chi connectivity index (χ4v) is 1.81. The van der Waals surface area contributed by atoms with Crippen LogP contribution in [-0.4, -0.2) is 49.4 Å². The molecular formula is C13H25NO3. The molecule has 0 bridgehead atoms. The van der Waals surface area contributed by atoms with Gasteiger partial charge in [0.1, 0.15) is 18.2 Å². The third-order valence-electron chi connectivity index (χ3n) is 2.93. The molecule has 4 nitrogen and oxygen atoms in total. The van der Waals surface area contributed by atoms with E-state index in [1.807, 2.05) is 0 Å². The van der Waals surface area contributed by atoms with Gasteiger partial charge in [0.2, 0.25) is 0 Å². The minimum absolute atomic E-state index is 0.0287. The summed E-state index contributed by atoms with van der Waals surface area (Å²) in [6.07, 6.45) is 5.91. The van der Waals surface area contributed by atoms with Crippen LogP contribution in [0.5, 0.6) is 0 Å². The molecule has 0 unspecified atom stereocenters. The predicted molar refractivity (Wildman–Crippen MR) is 68.7 cm³/mol. The van der Waals surface area contributed by atoms with E-state index in [-0.39, 0.29) is 24.9 Å². The first-order chi connectivity index (χ1) is 8.33. The van der Waals surface area contributed by atoms with Gasteiger partial charge in [-0.25, -0.2) is 0 Å². The average Bonchev–Trinajstić information content (AvgIpc) is 2.73. The van der Waals surface area contributed by atoms with Crippen molar-refractivity contribution in [1.29, 1.82) is 0 Å². The number of ether oxygens (including phenoxy) is 2. The van der Waals surface area contributed by atoms with Crippen molar-refractivity contribution in [1.82, 2.24) is 0 Å². The van der Waals surface area contributed by atoms with E-state index < -0.39 is 0 Å². The fourth-order valence-electron chi connectivity index (χ4n) is 1.81. The second kappa shape index (κ2) is 8.61. The van der Waals surface area contributed by atoms with E-state index in [1.54, 1.807) is 6.21 Å². The van der Waals surface area contributed by atoms with Gasteiger partial charge in [-0.05, 0) is 12.8 Å². The quantitative estimate of drug-likeness (QED) is 0.628. The van der Waals surface area contributed by atoms with Gasteiger partial charge in [0, 0.05) is 19.4 Å². The van der Waals surface area contributed by atoms with Gasteiger partial charge in [0.25, 0.3) is 0 Å². The van der Waals surface area contributed by atoms with Crippen molar-refractivity contribution in [3.8, 4) is 0 Å². The molecule has 17 heavy (non-hydrogen) atoms. The Hall–Kier alpha value is -0.450. The van der Waals surface area contributed by atoms with E-state index in [4.69, 9.17) is 9.47 Å². The number of unbranched alkanes of at least 4 members (excludes halogenated alkanes) is 2. The van der Waals surface area contributed by atoms with Crippen molar-refractivity contribution in [3.63, 3.8) is 0 Å². The van der Waals surface area contributed by atoms with Crippen LogP contribution in [0.15, 0.2) is 4.99 Å². The van der Waals surface area contributed by atoms with Crippen LogP contribution in [0.2, 0.25) is 0 Å². The number of rotatable bonds is 9. The molecule has 3 atom stereocenters. The maximum atomic E-state index is 9.23. The zero-order valence-electron chi connectivity index (χ0n) is 11.0. The highest BCUT2D eigenvalue weighted by Crippen LogP contribution is 2.18.